The molecule has 2 aliphatic rings. The molecular formula is C11H17BrN4. The lowest BCUT2D eigenvalue weighted by Crippen LogP contribution is -2.34. The van der Waals surface area contributed by atoms with Crippen molar-refractivity contribution in [1.29, 1.82) is 0 Å². The van der Waals surface area contributed by atoms with Gasteiger partial charge in [-0.3, -0.25) is 4.68 Å². The SMILES string of the molecule is Brc1nn(C2CCCNC2)c2c1CNCC2. The fourth-order valence-corrected chi connectivity index (χ4v) is 3.22. The van der Waals surface area contributed by atoms with Crippen molar-refractivity contribution in [2.24, 2.45) is 0 Å². The van der Waals surface area contributed by atoms with Crippen molar-refractivity contribution in [3.63, 3.8) is 0 Å². The Balaban J connectivity index is 1.93. The van der Waals surface area contributed by atoms with Gasteiger partial charge in [-0.15, -0.1) is 0 Å². The van der Waals surface area contributed by atoms with Gasteiger partial charge in [0.2, 0.25) is 0 Å². The van der Waals surface area contributed by atoms with E-state index in [1.54, 1.807) is 0 Å². The summed E-state index contributed by atoms with van der Waals surface area (Å²) in [5.74, 6) is 0. The van der Waals surface area contributed by atoms with Crippen LogP contribution in [0.1, 0.15) is 30.1 Å². The lowest BCUT2D eigenvalue weighted by molar-refractivity contribution is 0.336. The number of aromatic nitrogens is 2. The zero-order valence-electron chi connectivity index (χ0n) is 9.30. The van der Waals surface area contributed by atoms with E-state index in [9.17, 15) is 0 Å². The smallest absolute Gasteiger partial charge is 0.132 e. The molecule has 16 heavy (non-hydrogen) atoms. The van der Waals surface area contributed by atoms with Crippen LogP contribution < -0.4 is 10.6 Å². The minimum Gasteiger partial charge on any atom is -0.315 e. The second kappa shape index (κ2) is 4.47. The van der Waals surface area contributed by atoms with Crippen molar-refractivity contribution in [3.05, 3.63) is 15.9 Å². The number of nitrogens with one attached hydrogen (secondary N) is 2. The van der Waals surface area contributed by atoms with E-state index in [0.29, 0.717) is 6.04 Å². The van der Waals surface area contributed by atoms with E-state index in [-0.39, 0.29) is 0 Å². The van der Waals surface area contributed by atoms with Crippen LogP contribution in [-0.4, -0.2) is 29.4 Å². The van der Waals surface area contributed by atoms with Crippen molar-refractivity contribution in [3.8, 4) is 0 Å². The minimum absolute atomic E-state index is 0.548. The molecule has 1 saturated heterocycles. The number of piperidine rings is 1. The second-order valence-electron chi connectivity index (χ2n) is 4.59. The topological polar surface area (TPSA) is 41.9 Å². The Hall–Kier alpha value is -0.390. The first-order valence-corrected chi connectivity index (χ1v) is 6.83. The highest BCUT2D eigenvalue weighted by atomic mass is 79.9. The molecule has 88 valence electrons. The van der Waals surface area contributed by atoms with Gasteiger partial charge in [0.1, 0.15) is 4.60 Å². The maximum absolute atomic E-state index is 4.67. The van der Waals surface area contributed by atoms with Crippen LogP contribution in [0.15, 0.2) is 4.60 Å². The summed E-state index contributed by atoms with van der Waals surface area (Å²) >= 11 is 3.58. The van der Waals surface area contributed by atoms with Gasteiger partial charge in [0.25, 0.3) is 0 Å². The number of nitrogens with zero attached hydrogens (tertiary/aromatic N) is 2. The van der Waals surface area contributed by atoms with Gasteiger partial charge in [0.05, 0.1) is 6.04 Å². The molecule has 0 saturated carbocycles. The van der Waals surface area contributed by atoms with E-state index in [1.165, 1.54) is 24.1 Å². The van der Waals surface area contributed by atoms with Crippen molar-refractivity contribution in [2.45, 2.75) is 31.8 Å². The predicted molar refractivity (Wildman–Crippen MR) is 66.5 cm³/mol. The van der Waals surface area contributed by atoms with Crippen LogP contribution in [0.5, 0.6) is 0 Å². The molecule has 5 heteroatoms. The van der Waals surface area contributed by atoms with Crippen molar-refractivity contribution >= 4 is 15.9 Å². The zero-order valence-corrected chi connectivity index (χ0v) is 10.9. The summed E-state index contributed by atoms with van der Waals surface area (Å²) in [5, 5.41) is 11.5. The number of hydrogen-bond acceptors (Lipinski definition) is 3. The van der Waals surface area contributed by atoms with Gasteiger partial charge in [-0.05, 0) is 35.3 Å². The third-order valence-corrected chi connectivity index (χ3v) is 4.16. The molecule has 0 radical (unpaired) electrons. The summed E-state index contributed by atoms with van der Waals surface area (Å²) in [5.41, 5.74) is 2.79. The Labute approximate surface area is 104 Å². The normalized spacial score (nSPS) is 25.4. The maximum atomic E-state index is 4.67. The van der Waals surface area contributed by atoms with Gasteiger partial charge in [0.15, 0.2) is 0 Å². The average Bonchev–Trinajstić information content (AvgIpc) is 2.69. The van der Waals surface area contributed by atoms with E-state index < -0.39 is 0 Å². The largest absolute Gasteiger partial charge is 0.315 e. The van der Waals surface area contributed by atoms with Crippen LogP contribution >= 0.6 is 15.9 Å². The number of fused-ring (bicyclic) bond motifs is 1. The molecule has 1 aromatic heterocycles. The molecule has 0 bridgehead atoms. The van der Waals surface area contributed by atoms with Gasteiger partial charge >= 0.3 is 0 Å². The molecule has 1 atom stereocenters. The summed E-state index contributed by atoms with van der Waals surface area (Å²) in [6.07, 6.45) is 3.61. The molecule has 1 aromatic rings. The number of hydrogen-bond donors (Lipinski definition) is 2. The molecule has 0 aliphatic carbocycles. The molecule has 2 aliphatic heterocycles. The Kier molecular flexibility index (Phi) is 3.00. The predicted octanol–water partition coefficient (Wildman–Crippen LogP) is 1.22. The van der Waals surface area contributed by atoms with Crippen LogP contribution in [0.25, 0.3) is 0 Å². The van der Waals surface area contributed by atoms with Crippen molar-refractivity contribution < 1.29 is 0 Å². The fourth-order valence-electron chi connectivity index (χ4n) is 2.68. The summed E-state index contributed by atoms with van der Waals surface area (Å²) in [7, 11) is 0. The molecule has 0 aromatic carbocycles. The van der Waals surface area contributed by atoms with E-state index in [0.717, 1.165) is 37.2 Å². The monoisotopic (exact) mass is 284 g/mol. The molecule has 0 amide bonds. The van der Waals surface area contributed by atoms with Crippen LogP contribution in [0, 0.1) is 0 Å². The van der Waals surface area contributed by atoms with Crippen LogP contribution in [0.3, 0.4) is 0 Å². The van der Waals surface area contributed by atoms with E-state index >= 15 is 0 Å². The zero-order chi connectivity index (χ0) is 11.0. The van der Waals surface area contributed by atoms with Gasteiger partial charge < -0.3 is 10.6 Å². The summed E-state index contributed by atoms with van der Waals surface area (Å²) in [4.78, 5) is 0. The van der Waals surface area contributed by atoms with Crippen LogP contribution in [0.2, 0.25) is 0 Å². The maximum Gasteiger partial charge on any atom is 0.132 e. The Morgan fingerprint density at radius 1 is 1.31 bits per heavy atom. The molecule has 1 unspecified atom stereocenters. The molecule has 3 rings (SSSR count). The first-order valence-electron chi connectivity index (χ1n) is 6.03. The van der Waals surface area contributed by atoms with E-state index in [2.05, 4.69) is 36.3 Å². The number of halogens is 1. The van der Waals surface area contributed by atoms with Crippen molar-refractivity contribution in [2.75, 3.05) is 19.6 Å². The third-order valence-electron chi connectivity index (χ3n) is 3.53. The Morgan fingerprint density at radius 2 is 2.25 bits per heavy atom. The van der Waals surface area contributed by atoms with Gasteiger partial charge in [-0.25, -0.2) is 0 Å². The Morgan fingerprint density at radius 3 is 3.06 bits per heavy atom. The highest BCUT2D eigenvalue weighted by Crippen LogP contribution is 2.27. The third kappa shape index (κ3) is 1.81. The minimum atomic E-state index is 0.548. The molecule has 2 N–H and O–H groups in total. The summed E-state index contributed by atoms with van der Waals surface area (Å²) in [6, 6.07) is 0.548. The van der Waals surface area contributed by atoms with Crippen LogP contribution in [-0.2, 0) is 13.0 Å². The summed E-state index contributed by atoms with van der Waals surface area (Å²) in [6.45, 7) is 4.25. The summed E-state index contributed by atoms with van der Waals surface area (Å²) < 4.78 is 3.28. The van der Waals surface area contributed by atoms with E-state index in [1.807, 2.05) is 0 Å². The van der Waals surface area contributed by atoms with Gasteiger partial charge in [-0.2, -0.15) is 5.10 Å². The second-order valence-corrected chi connectivity index (χ2v) is 5.34. The average molecular weight is 285 g/mol. The molecule has 4 nitrogen and oxygen atoms in total. The standard InChI is InChI=1S/C11H17BrN4/c12-11-9-7-14-5-3-10(9)16(15-11)8-2-1-4-13-6-8/h8,13-14H,1-7H2. The van der Waals surface area contributed by atoms with Gasteiger partial charge in [0, 0.05) is 37.3 Å². The highest BCUT2D eigenvalue weighted by Gasteiger charge is 2.24. The first-order chi connectivity index (χ1) is 7.86. The lowest BCUT2D eigenvalue weighted by atomic mass is 10.1. The fraction of sp³-hybridized carbons (Fsp3) is 0.727. The highest BCUT2D eigenvalue weighted by molar-refractivity contribution is 9.10. The molecular weight excluding hydrogens is 268 g/mol. The molecule has 1 fully saturated rings. The Bertz CT molecular complexity index is 382. The lowest BCUT2D eigenvalue weighted by Gasteiger charge is -2.26. The number of rotatable bonds is 1. The first kappa shape index (κ1) is 10.7. The van der Waals surface area contributed by atoms with Gasteiger partial charge in [-0.1, -0.05) is 0 Å². The van der Waals surface area contributed by atoms with Crippen molar-refractivity contribution in [1.82, 2.24) is 20.4 Å². The van der Waals surface area contributed by atoms with Crippen LogP contribution in [0.4, 0.5) is 0 Å². The molecule has 3 heterocycles. The quantitative estimate of drug-likeness (QED) is 0.815. The molecule has 0 spiro atoms. The van der Waals surface area contributed by atoms with E-state index in [4.69, 9.17) is 0 Å².